The lowest BCUT2D eigenvalue weighted by atomic mass is 10.1. The van der Waals surface area contributed by atoms with Crippen molar-refractivity contribution < 1.29 is 13.2 Å². The molecule has 2 aromatic carbocycles. The molecule has 1 atom stereocenters. The number of nitrogens with one attached hydrogen (secondary N) is 1. The Kier molecular flexibility index (Phi) is 6.55. The van der Waals surface area contributed by atoms with Crippen LogP contribution in [0.1, 0.15) is 18.9 Å². The maximum atomic E-state index is 12.8. The number of sulfonamides is 1. The summed E-state index contributed by atoms with van der Waals surface area (Å²) >= 11 is 11.9. The fourth-order valence-electron chi connectivity index (χ4n) is 2.68. The number of carbonyl (C=O) groups is 1. The van der Waals surface area contributed by atoms with Gasteiger partial charge in [-0.1, -0.05) is 42.3 Å². The number of halogens is 2. The summed E-state index contributed by atoms with van der Waals surface area (Å²) in [6.45, 7) is 3.61. The molecule has 1 amide bonds. The molecule has 26 heavy (non-hydrogen) atoms. The molecule has 0 aliphatic rings. The van der Waals surface area contributed by atoms with Gasteiger partial charge >= 0.3 is 0 Å². The normalized spacial score (nSPS) is 12.5. The molecule has 0 heterocycles. The number of hydrogen-bond acceptors (Lipinski definition) is 3. The van der Waals surface area contributed by atoms with Gasteiger partial charge in [-0.3, -0.25) is 9.10 Å². The number of hydrogen-bond donors (Lipinski definition) is 1. The third kappa shape index (κ3) is 5.13. The van der Waals surface area contributed by atoms with Crippen LogP contribution in [0.25, 0.3) is 0 Å². The van der Waals surface area contributed by atoms with E-state index in [4.69, 9.17) is 23.2 Å². The number of nitrogens with zero attached hydrogens (tertiary/aromatic N) is 1. The highest BCUT2D eigenvalue weighted by atomic mass is 35.5. The van der Waals surface area contributed by atoms with Gasteiger partial charge in [0.2, 0.25) is 15.9 Å². The number of carbonyl (C=O) groups excluding carboxylic acids is 1. The number of benzene rings is 2. The lowest BCUT2D eigenvalue weighted by molar-refractivity contribution is -0.117. The maximum absolute atomic E-state index is 12.8. The highest BCUT2D eigenvalue weighted by Gasteiger charge is 2.31. The highest BCUT2D eigenvalue weighted by Crippen LogP contribution is 2.26. The van der Waals surface area contributed by atoms with Crippen molar-refractivity contribution >= 4 is 50.5 Å². The van der Waals surface area contributed by atoms with Crippen molar-refractivity contribution in [1.82, 2.24) is 0 Å². The zero-order valence-electron chi connectivity index (χ0n) is 14.7. The first-order valence-electron chi connectivity index (χ1n) is 7.95. The van der Waals surface area contributed by atoms with Crippen LogP contribution in [0.4, 0.5) is 11.4 Å². The Balaban J connectivity index is 2.39. The summed E-state index contributed by atoms with van der Waals surface area (Å²) in [5.74, 6) is -0.460. The minimum absolute atomic E-state index is 0.293. The molecule has 2 rings (SSSR count). The van der Waals surface area contributed by atoms with Crippen LogP contribution in [0.3, 0.4) is 0 Å². The molecular formula is C18H20Cl2N2O3S. The predicted molar refractivity (Wildman–Crippen MR) is 108 cm³/mol. The number of amides is 1. The van der Waals surface area contributed by atoms with Gasteiger partial charge in [0.1, 0.15) is 6.04 Å². The average Bonchev–Trinajstić information content (AvgIpc) is 2.49. The Hall–Kier alpha value is -1.76. The van der Waals surface area contributed by atoms with Gasteiger partial charge in [0.15, 0.2) is 0 Å². The lowest BCUT2D eigenvalue weighted by Gasteiger charge is -2.30. The van der Waals surface area contributed by atoms with Crippen molar-refractivity contribution in [2.75, 3.05) is 15.9 Å². The summed E-state index contributed by atoms with van der Waals surface area (Å²) < 4.78 is 26.0. The van der Waals surface area contributed by atoms with E-state index in [1.165, 1.54) is 0 Å². The SMILES string of the molecule is CC[C@@H](C(=O)Nc1cc(Cl)cc(Cl)c1)N(c1cccc(C)c1)S(C)(=O)=O. The van der Waals surface area contributed by atoms with Gasteiger partial charge in [-0.2, -0.15) is 0 Å². The van der Waals surface area contributed by atoms with Gasteiger partial charge in [0, 0.05) is 15.7 Å². The number of anilines is 2. The number of aryl methyl sites for hydroxylation is 1. The van der Waals surface area contributed by atoms with Crippen LogP contribution < -0.4 is 9.62 Å². The predicted octanol–water partition coefficient (Wildman–Crippen LogP) is 4.49. The van der Waals surface area contributed by atoms with Crippen molar-refractivity contribution in [2.45, 2.75) is 26.3 Å². The minimum Gasteiger partial charge on any atom is -0.324 e. The first-order valence-corrected chi connectivity index (χ1v) is 10.5. The van der Waals surface area contributed by atoms with E-state index in [1.807, 2.05) is 13.0 Å². The van der Waals surface area contributed by atoms with Gasteiger partial charge in [0.25, 0.3) is 0 Å². The van der Waals surface area contributed by atoms with E-state index in [-0.39, 0.29) is 0 Å². The molecule has 5 nitrogen and oxygen atoms in total. The molecule has 0 aromatic heterocycles. The minimum atomic E-state index is -3.68. The van der Waals surface area contributed by atoms with E-state index < -0.39 is 22.0 Å². The molecule has 0 bridgehead atoms. The third-order valence-corrected chi connectivity index (χ3v) is 5.33. The smallest absolute Gasteiger partial charge is 0.248 e. The van der Waals surface area contributed by atoms with E-state index in [1.54, 1.807) is 43.3 Å². The Labute approximate surface area is 164 Å². The molecule has 0 spiro atoms. The zero-order chi connectivity index (χ0) is 19.5. The quantitative estimate of drug-likeness (QED) is 0.756. The molecule has 0 unspecified atom stereocenters. The molecule has 0 radical (unpaired) electrons. The van der Waals surface area contributed by atoms with Crippen molar-refractivity contribution in [1.29, 1.82) is 0 Å². The zero-order valence-corrected chi connectivity index (χ0v) is 17.0. The topological polar surface area (TPSA) is 66.5 Å². The third-order valence-electron chi connectivity index (χ3n) is 3.72. The standard InChI is InChI=1S/C18H20Cl2N2O3S/c1-4-17(18(23)21-15-10-13(19)9-14(20)11-15)22(26(3,24)25)16-7-5-6-12(2)8-16/h5-11,17H,4H2,1-3H3,(H,21,23)/t17-/m0/s1. The highest BCUT2D eigenvalue weighted by molar-refractivity contribution is 7.92. The number of rotatable bonds is 6. The molecule has 8 heteroatoms. The molecule has 0 aliphatic heterocycles. The van der Waals surface area contributed by atoms with Crippen LogP contribution in [0.15, 0.2) is 42.5 Å². The molecular weight excluding hydrogens is 395 g/mol. The van der Waals surface area contributed by atoms with E-state index >= 15 is 0 Å². The molecule has 140 valence electrons. The molecule has 2 aromatic rings. The van der Waals surface area contributed by atoms with Crippen LogP contribution in [0.5, 0.6) is 0 Å². The van der Waals surface area contributed by atoms with Crippen molar-refractivity contribution in [2.24, 2.45) is 0 Å². The maximum Gasteiger partial charge on any atom is 0.248 e. The van der Waals surface area contributed by atoms with Crippen molar-refractivity contribution in [3.05, 3.63) is 58.1 Å². The van der Waals surface area contributed by atoms with E-state index in [9.17, 15) is 13.2 Å². The average molecular weight is 415 g/mol. The Bertz CT molecular complexity index is 896. The van der Waals surface area contributed by atoms with Crippen LogP contribution in [-0.2, 0) is 14.8 Å². The Morgan fingerprint density at radius 3 is 2.27 bits per heavy atom. The monoisotopic (exact) mass is 414 g/mol. The molecule has 1 N–H and O–H groups in total. The molecule has 0 fully saturated rings. The lowest BCUT2D eigenvalue weighted by Crippen LogP contribution is -2.47. The first-order chi connectivity index (χ1) is 12.1. The summed E-state index contributed by atoms with van der Waals surface area (Å²) in [6, 6.07) is 10.7. The fraction of sp³-hybridized carbons (Fsp3) is 0.278. The second-order valence-electron chi connectivity index (χ2n) is 5.97. The van der Waals surface area contributed by atoms with Crippen LogP contribution in [-0.4, -0.2) is 26.6 Å². The second-order valence-corrected chi connectivity index (χ2v) is 8.70. The van der Waals surface area contributed by atoms with Gasteiger partial charge in [-0.05, 0) is 49.2 Å². The van der Waals surface area contributed by atoms with Gasteiger partial charge in [-0.15, -0.1) is 0 Å². The van der Waals surface area contributed by atoms with Crippen LogP contribution in [0, 0.1) is 6.92 Å². The summed E-state index contributed by atoms with van der Waals surface area (Å²) in [4.78, 5) is 12.8. The van der Waals surface area contributed by atoms with Crippen molar-refractivity contribution in [3.8, 4) is 0 Å². The second kappa shape index (κ2) is 8.29. The summed E-state index contributed by atoms with van der Waals surface area (Å²) in [7, 11) is -3.68. The van der Waals surface area contributed by atoms with Crippen LogP contribution in [0.2, 0.25) is 10.0 Å². The van der Waals surface area contributed by atoms with Gasteiger partial charge < -0.3 is 5.32 Å². The Morgan fingerprint density at radius 2 is 1.77 bits per heavy atom. The van der Waals surface area contributed by atoms with E-state index in [0.717, 1.165) is 16.1 Å². The summed E-state index contributed by atoms with van der Waals surface area (Å²) in [5, 5.41) is 3.45. The first kappa shape index (κ1) is 20.6. The molecule has 0 saturated carbocycles. The van der Waals surface area contributed by atoms with Gasteiger partial charge in [0.05, 0.1) is 11.9 Å². The van der Waals surface area contributed by atoms with Crippen LogP contribution >= 0.6 is 23.2 Å². The summed E-state index contributed by atoms with van der Waals surface area (Å²) in [5.41, 5.74) is 1.75. The largest absolute Gasteiger partial charge is 0.324 e. The molecule has 0 saturated heterocycles. The summed E-state index contributed by atoms with van der Waals surface area (Å²) in [6.07, 6.45) is 1.38. The van der Waals surface area contributed by atoms with Crippen molar-refractivity contribution in [3.63, 3.8) is 0 Å². The van der Waals surface area contributed by atoms with E-state index in [0.29, 0.717) is 27.8 Å². The molecule has 0 aliphatic carbocycles. The Morgan fingerprint density at radius 1 is 1.15 bits per heavy atom. The van der Waals surface area contributed by atoms with E-state index in [2.05, 4.69) is 5.32 Å². The van der Waals surface area contributed by atoms with Gasteiger partial charge in [-0.25, -0.2) is 8.42 Å². The fourth-order valence-corrected chi connectivity index (χ4v) is 4.41.